The van der Waals surface area contributed by atoms with Crippen LogP contribution in [0.4, 0.5) is 5.69 Å². The lowest BCUT2D eigenvalue weighted by Gasteiger charge is -2.32. The highest BCUT2D eigenvalue weighted by Crippen LogP contribution is 2.16. The fraction of sp³-hybridized carbons (Fsp3) is 0.316. The summed E-state index contributed by atoms with van der Waals surface area (Å²) >= 11 is 5.92. The highest BCUT2D eigenvalue weighted by Gasteiger charge is 2.21. The highest BCUT2D eigenvalue weighted by atomic mass is 35.5. The molecule has 6 heteroatoms. The normalized spacial score (nSPS) is 15.4. The molecule has 0 saturated carbocycles. The zero-order valence-corrected chi connectivity index (χ0v) is 15.5. The lowest BCUT2D eigenvalue weighted by Crippen LogP contribution is -2.44. The molecule has 4 nitrogen and oxygen atoms in total. The Kier molecular flexibility index (Phi) is 7.12. The monoisotopic (exact) mass is 379 g/mol. The maximum atomic E-state index is 12.3. The first-order chi connectivity index (χ1) is 11.6. The van der Waals surface area contributed by atoms with Crippen molar-refractivity contribution in [3.05, 3.63) is 64.7 Å². The zero-order valence-electron chi connectivity index (χ0n) is 14.0. The summed E-state index contributed by atoms with van der Waals surface area (Å²) in [6, 6.07) is 15.3. The number of carbonyl (C=O) groups excluding carboxylic acids is 1. The number of amides is 1. The molecule has 0 aliphatic carbocycles. The number of hydrogen-bond donors (Lipinski definition) is 2. The van der Waals surface area contributed by atoms with E-state index in [1.165, 1.54) is 5.56 Å². The maximum Gasteiger partial charge on any atom is 0.251 e. The van der Waals surface area contributed by atoms with Gasteiger partial charge in [-0.15, -0.1) is 12.4 Å². The van der Waals surface area contributed by atoms with Gasteiger partial charge in [0, 0.05) is 41.9 Å². The smallest absolute Gasteiger partial charge is 0.251 e. The summed E-state index contributed by atoms with van der Waals surface area (Å²) in [5.41, 5.74) is 8.25. The van der Waals surface area contributed by atoms with E-state index in [1.54, 1.807) is 24.3 Å². The van der Waals surface area contributed by atoms with Crippen molar-refractivity contribution in [2.24, 2.45) is 0 Å². The van der Waals surface area contributed by atoms with Crippen LogP contribution in [-0.2, 0) is 6.54 Å². The fourth-order valence-electron chi connectivity index (χ4n) is 2.99. The van der Waals surface area contributed by atoms with Gasteiger partial charge < -0.3 is 11.1 Å². The van der Waals surface area contributed by atoms with Crippen LogP contribution in [0.25, 0.3) is 0 Å². The van der Waals surface area contributed by atoms with Crippen LogP contribution < -0.4 is 11.1 Å². The summed E-state index contributed by atoms with van der Waals surface area (Å²) in [6.07, 6.45) is 1.93. The molecule has 1 aliphatic rings. The predicted molar refractivity (Wildman–Crippen MR) is 105 cm³/mol. The Morgan fingerprint density at radius 1 is 1.08 bits per heavy atom. The molecule has 1 amide bonds. The first-order valence-corrected chi connectivity index (χ1v) is 8.61. The molecular formula is C19H23Cl2N3O. The van der Waals surface area contributed by atoms with Gasteiger partial charge in [0.15, 0.2) is 0 Å². The molecule has 1 aliphatic heterocycles. The fourth-order valence-corrected chi connectivity index (χ4v) is 3.11. The van der Waals surface area contributed by atoms with Gasteiger partial charge in [0.05, 0.1) is 0 Å². The maximum absolute atomic E-state index is 12.3. The van der Waals surface area contributed by atoms with E-state index in [1.807, 2.05) is 12.1 Å². The zero-order chi connectivity index (χ0) is 16.9. The van der Waals surface area contributed by atoms with Crippen molar-refractivity contribution in [1.82, 2.24) is 10.2 Å². The van der Waals surface area contributed by atoms with Gasteiger partial charge in [-0.05, 0) is 54.8 Å². The van der Waals surface area contributed by atoms with Gasteiger partial charge in [-0.25, -0.2) is 0 Å². The number of anilines is 1. The molecule has 25 heavy (non-hydrogen) atoms. The first-order valence-electron chi connectivity index (χ1n) is 8.23. The van der Waals surface area contributed by atoms with Gasteiger partial charge in [0.1, 0.15) is 0 Å². The van der Waals surface area contributed by atoms with Crippen LogP contribution in [-0.4, -0.2) is 29.9 Å². The molecule has 3 N–H and O–H groups in total. The number of nitrogens with two attached hydrogens (primary N) is 1. The SMILES string of the molecule is Cl.Nc1ccc(C(=O)NC2CCN(Cc3ccc(Cl)cc3)CC2)cc1. The largest absolute Gasteiger partial charge is 0.399 e. The van der Waals surface area contributed by atoms with Crippen LogP contribution in [0.15, 0.2) is 48.5 Å². The van der Waals surface area contributed by atoms with E-state index in [0.717, 1.165) is 37.5 Å². The Hall–Kier alpha value is -1.75. The number of hydrogen-bond acceptors (Lipinski definition) is 3. The van der Waals surface area contributed by atoms with Crippen molar-refractivity contribution < 1.29 is 4.79 Å². The van der Waals surface area contributed by atoms with E-state index < -0.39 is 0 Å². The summed E-state index contributed by atoms with van der Waals surface area (Å²) in [4.78, 5) is 14.7. The van der Waals surface area contributed by atoms with Crippen LogP contribution in [0.5, 0.6) is 0 Å². The Bertz CT molecular complexity index is 681. The summed E-state index contributed by atoms with van der Waals surface area (Å²) in [6.45, 7) is 2.89. The number of carbonyl (C=O) groups is 1. The second-order valence-corrected chi connectivity index (χ2v) is 6.71. The summed E-state index contributed by atoms with van der Waals surface area (Å²) in [5, 5.41) is 3.89. The average molecular weight is 380 g/mol. The molecular weight excluding hydrogens is 357 g/mol. The number of nitrogens with zero attached hydrogens (tertiary/aromatic N) is 1. The third kappa shape index (κ3) is 5.63. The molecule has 0 atom stereocenters. The van der Waals surface area contributed by atoms with Gasteiger partial charge in [-0.2, -0.15) is 0 Å². The number of benzene rings is 2. The Morgan fingerprint density at radius 3 is 2.28 bits per heavy atom. The summed E-state index contributed by atoms with van der Waals surface area (Å²) in [7, 11) is 0. The number of nitrogens with one attached hydrogen (secondary N) is 1. The van der Waals surface area contributed by atoms with Crippen LogP contribution >= 0.6 is 24.0 Å². The molecule has 2 aromatic carbocycles. The predicted octanol–water partition coefficient (Wildman–Crippen LogP) is 3.74. The van der Waals surface area contributed by atoms with Crippen molar-refractivity contribution >= 4 is 35.6 Å². The van der Waals surface area contributed by atoms with Gasteiger partial charge in [0.25, 0.3) is 5.91 Å². The lowest BCUT2D eigenvalue weighted by atomic mass is 10.0. The minimum atomic E-state index is -0.0221. The molecule has 134 valence electrons. The standard InChI is InChI=1S/C19H22ClN3O.ClH/c20-16-5-1-14(2-6-16)13-23-11-9-18(10-12-23)22-19(24)15-3-7-17(21)8-4-15;/h1-8,18H,9-13,21H2,(H,22,24);1H. The van der Waals surface area contributed by atoms with E-state index >= 15 is 0 Å². The molecule has 0 unspecified atom stereocenters. The topological polar surface area (TPSA) is 58.4 Å². The molecule has 1 heterocycles. The Morgan fingerprint density at radius 2 is 1.68 bits per heavy atom. The molecule has 0 bridgehead atoms. The van der Waals surface area contributed by atoms with E-state index in [4.69, 9.17) is 17.3 Å². The van der Waals surface area contributed by atoms with E-state index in [2.05, 4.69) is 22.3 Å². The van der Waals surface area contributed by atoms with E-state index in [-0.39, 0.29) is 24.4 Å². The molecule has 0 aromatic heterocycles. The summed E-state index contributed by atoms with van der Waals surface area (Å²) < 4.78 is 0. The van der Waals surface area contributed by atoms with Crippen molar-refractivity contribution in [1.29, 1.82) is 0 Å². The minimum Gasteiger partial charge on any atom is -0.399 e. The Labute approximate surface area is 159 Å². The quantitative estimate of drug-likeness (QED) is 0.795. The number of halogens is 2. The van der Waals surface area contributed by atoms with Crippen molar-refractivity contribution in [3.63, 3.8) is 0 Å². The third-order valence-electron chi connectivity index (χ3n) is 4.42. The number of likely N-dealkylation sites (tertiary alicyclic amines) is 1. The number of piperidine rings is 1. The molecule has 1 saturated heterocycles. The van der Waals surface area contributed by atoms with Crippen molar-refractivity contribution in [2.75, 3.05) is 18.8 Å². The second kappa shape index (κ2) is 9.09. The number of rotatable bonds is 4. The Balaban J connectivity index is 0.00000225. The second-order valence-electron chi connectivity index (χ2n) is 6.27. The third-order valence-corrected chi connectivity index (χ3v) is 4.67. The van der Waals surface area contributed by atoms with Gasteiger partial charge in [-0.1, -0.05) is 23.7 Å². The summed E-state index contributed by atoms with van der Waals surface area (Å²) in [5.74, 6) is -0.0221. The van der Waals surface area contributed by atoms with Crippen LogP contribution in [0.1, 0.15) is 28.8 Å². The molecule has 2 aromatic rings. The first kappa shape index (κ1) is 19.6. The minimum absolute atomic E-state index is 0. The average Bonchev–Trinajstić information content (AvgIpc) is 2.59. The van der Waals surface area contributed by atoms with Crippen LogP contribution in [0.2, 0.25) is 5.02 Å². The molecule has 1 fully saturated rings. The molecule has 3 rings (SSSR count). The van der Waals surface area contributed by atoms with E-state index in [0.29, 0.717) is 11.3 Å². The van der Waals surface area contributed by atoms with Gasteiger partial charge in [-0.3, -0.25) is 9.69 Å². The van der Waals surface area contributed by atoms with Crippen LogP contribution in [0.3, 0.4) is 0 Å². The molecule has 0 spiro atoms. The van der Waals surface area contributed by atoms with Crippen molar-refractivity contribution in [3.8, 4) is 0 Å². The number of nitrogen functional groups attached to an aromatic ring is 1. The van der Waals surface area contributed by atoms with Crippen molar-refractivity contribution in [2.45, 2.75) is 25.4 Å². The lowest BCUT2D eigenvalue weighted by molar-refractivity contribution is 0.0909. The molecule has 0 radical (unpaired) electrons. The van der Waals surface area contributed by atoms with Crippen LogP contribution in [0, 0.1) is 0 Å². The van der Waals surface area contributed by atoms with E-state index in [9.17, 15) is 4.79 Å². The highest BCUT2D eigenvalue weighted by molar-refractivity contribution is 6.30. The van der Waals surface area contributed by atoms with Gasteiger partial charge in [0.2, 0.25) is 0 Å². The van der Waals surface area contributed by atoms with Gasteiger partial charge >= 0.3 is 0 Å².